The van der Waals surface area contributed by atoms with E-state index >= 15 is 0 Å². The first-order valence-corrected chi connectivity index (χ1v) is 10.1. The summed E-state index contributed by atoms with van der Waals surface area (Å²) in [6.45, 7) is 4.01. The molecule has 2 aromatic rings. The SMILES string of the molecule is CCOC(=O)c1cccc(NC(=O)[C@@H]2[C@@H]3C=C[C@@]4(CN(c5cc(C)on5)C(=O)[C@H]24)O3)c1. The molecule has 0 saturated carbocycles. The summed E-state index contributed by atoms with van der Waals surface area (Å²) in [6, 6.07) is 8.19. The van der Waals surface area contributed by atoms with Gasteiger partial charge in [-0.15, -0.1) is 0 Å². The van der Waals surface area contributed by atoms with Crippen LogP contribution in [-0.4, -0.2) is 47.8 Å². The van der Waals surface area contributed by atoms with Crippen LogP contribution in [0.1, 0.15) is 23.0 Å². The molecule has 2 amide bonds. The predicted molar refractivity (Wildman–Crippen MR) is 108 cm³/mol. The van der Waals surface area contributed by atoms with Crippen LogP contribution in [0.4, 0.5) is 11.5 Å². The fourth-order valence-electron chi connectivity index (χ4n) is 4.64. The summed E-state index contributed by atoms with van der Waals surface area (Å²) in [7, 11) is 0. The minimum atomic E-state index is -0.858. The molecule has 1 N–H and O–H groups in total. The van der Waals surface area contributed by atoms with Gasteiger partial charge in [-0.1, -0.05) is 23.4 Å². The van der Waals surface area contributed by atoms with Crippen LogP contribution in [0.2, 0.25) is 0 Å². The lowest BCUT2D eigenvalue weighted by Crippen LogP contribution is -2.41. The highest BCUT2D eigenvalue weighted by Crippen LogP contribution is 2.52. The Morgan fingerprint density at radius 3 is 2.94 bits per heavy atom. The zero-order valence-corrected chi connectivity index (χ0v) is 17.0. The van der Waals surface area contributed by atoms with E-state index in [2.05, 4.69) is 10.5 Å². The molecule has 1 aromatic heterocycles. The van der Waals surface area contributed by atoms with Gasteiger partial charge in [0, 0.05) is 11.8 Å². The first kappa shape index (κ1) is 19.5. The summed E-state index contributed by atoms with van der Waals surface area (Å²) >= 11 is 0. The van der Waals surface area contributed by atoms with Gasteiger partial charge in [0.2, 0.25) is 11.8 Å². The summed E-state index contributed by atoms with van der Waals surface area (Å²) in [5.74, 6) is -1.38. The van der Waals surface area contributed by atoms with Crippen molar-refractivity contribution in [2.75, 3.05) is 23.4 Å². The third-order valence-corrected chi connectivity index (χ3v) is 5.94. The summed E-state index contributed by atoms with van der Waals surface area (Å²) in [5.41, 5.74) is -0.0702. The molecular weight excluding hydrogens is 402 g/mol. The van der Waals surface area contributed by atoms with Crippen LogP contribution in [0.3, 0.4) is 0 Å². The van der Waals surface area contributed by atoms with Gasteiger partial charge in [-0.05, 0) is 32.0 Å². The highest BCUT2D eigenvalue weighted by atomic mass is 16.5. The van der Waals surface area contributed by atoms with E-state index in [9.17, 15) is 14.4 Å². The summed E-state index contributed by atoms with van der Waals surface area (Å²) in [4.78, 5) is 39.9. The van der Waals surface area contributed by atoms with Gasteiger partial charge >= 0.3 is 5.97 Å². The van der Waals surface area contributed by atoms with E-state index < -0.39 is 29.5 Å². The number of hydrogen-bond acceptors (Lipinski definition) is 7. The topological polar surface area (TPSA) is 111 Å². The molecule has 9 heteroatoms. The Morgan fingerprint density at radius 2 is 2.19 bits per heavy atom. The molecule has 0 aliphatic carbocycles. The van der Waals surface area contributed by atoms with Crippen molar-refractivity contribution >= 4 is 29.3 Å². The van der Waals surface area contributed by atoms with E-state index in [1.807, 2.05) is 12.2 Å². The van der Waals surface area contributed by atoms with E-state index in [1.54, 1.807) is 44.2 Å². The van der Waals surface area contributed by atoms with E-state index in [0.717, 1.165) is 0 Å². The maximum atomic E-state index is 13.3. The summed E-state index contributed by atoms with van der Waals surface area (Å²) in [5, 5.41) is 6.77. The third-order valence-electron chi connectivity index (χ3n) is 5.94. The monoisotopic (exact) mass is 423 g/mol. The molecule has 0 radical (unpaired) electrons. The number of aromatic nitrogens is 1. The lowest BCUT2D eigenvalue weighted by atomic mass is 9.76. The second-order valence-corrected chi connectivity index (χ2v) is 7.91. The van der Waals surface area contributed by atoms with Crippen molar-refractivity contribution in [3.05, 3.63) is 53.8 Å². The molecular formula is C22H21N3O6. The molecule has 3 aliphatic heterocycles. The molecule has 4 heterocycles. The van der Waals surface area contributed by atoms with Crippen molar-refractivity contribution in [2.45, 2.75) is 25.6 Å². The van der Waals surface area contributed by atoms with Gasteiger partial charge in [0.15, 0.2) is 5.82 Å². The Kier molecular flexibility index (Phi) is 4.44. The number of fused-ring (bicyclic) bond motifs is 1. The fraction of sp³-hybridized carbons (Fsp3) is 0.364. The van der Waals surface area contributed by atoms with E-state index in [0.29, 0.717) is 22.8 Å². The van der Waals surface area contributed by atoms with Crippen molar-refractivity contribution in [1.29, 1.82) is 0 Å². The molecule has 2 saturated heterocycles. The number of amides is 2. The predicted octanol–water partition coefficient (Wildman–Crippen LogP) is 2.08. The number of ether oxygens (including phenoxy) is 2. The Labute approximate surface area is 178 Å². The van der Waals surface area contributed by atoms with Crippen molar-refractivity contribution in [2.24, 2.45) is 11.8 Å². The average molecular weight is 423 g/mol. The maximum absolute atomic E-state index is 13.3. The van der Waals surface area contributed by atoms with Gasteiger partial charge in [-0.25, -0.2) is 4.79 Å². The van der Waals surface area contributed by atoms with Crippen LogP contribution < -0.4 is 10.2 Å². The molecule has 9 nitrogen and oxygen atoms in total. The quantitative estimate of drug-likeness (QED) is 0.579. The lowest BCUT2D eigenvalue weighted by Gasteiger charge is -2.23. The van der Waals surface area contributed by atoms with Crippen LogP contribution in [0.15, 0.2) is 47.0 Å². The van der Waals surface area contributed by atoms with E-state index in [4.69, 9.17) is 14.0 Å². The minimum Gasteiger partial charge on any atom is -0.462 e. The fourth-order valence-corrected chi connectivity index (χ4v) is 4.64. The van der Waals surface area contributed by atoms with Crippen LogP contribution >= 0.6 is 0 Å². The molecule has 31 heavy (non-hydrogen) atoms. The number of benzene rings is 1. The van der Waals surface area contributed by atoms with Crippen molar-refractivity contribution in [3.63, 3.8) is 0 Å². The standard InChI is InChI=1S/C22H21N3O6/c1-3-29-21(28)13-5-4-6-14(10-13)23-19(26)17-15-7-8-22(30-15)11-25(20(27)18(17)22)16-9-12(2)31-24-16/h4-10,15,17-18H,3,11H2,1-2H3,(H,23,26)/t15-,17+,18-,22-/m0/s1. The van der Waals surface area contributed by atoms with Crippen LogP contribution in [0.5, 0.6) is 0 Å². The second kappa shape index (κ2) is 7.05. The third kappa shape index (κ3) is 3.04. The number of nitrogens with zero attached hydrogens (tertiary/aromatic N) is 2. The number of carbonyl (C=O) groups excluding carboxylic acids is 3. The van der Waals surface area contributed by atoms with Gasteiger partial charge in [-0.3, -0.25) is 14.5 Å². The first-order valence-electron chi connectivity index (χ1n) is 10.1. The molecule has 3 aliphatic rings. The van der Waals surface area contributed by atoms with E-state index in [-0.39, 0.29) is 25.0 Å². The smallest absolute Gasteiger partial charge is 0.338 e. The van der Waals surface area contributed by atoms with Crippen molar-refractivity contribution in [1.82, 2.24) is 5.16 Å². The second-order valence-electron chi connectivity index (χ2n) is 7.91. The number of carbonyl (C=O) groups is 3. The maximum Gasteiger partial charge on any atom is 0.338 e. The molecule has 4 atom stereocenters. The summed E-state index contributed by atoms with van der Waals surface area (Å²) < 4.78 is 16.2. The molecule has 160 valence electrons. The number of nitrogens with one attached hydrogen (secondary N) is 1. The van der Waals surface area contributed by atoms with Gasteiger partial charge in [0.1, 0.15) is 11.4 Å². The highest BCUT2D eigenvalue weighted by molar-refractivity contribution is 6.05. The zero-order valence-electron chi connectivity index (χ0n) is 17.0. The Balaban J connectivity index is 1.38. The normalized spacial score (nSPS) is 28.1. The van der Waals surface area contributed by atoms with Gasteiger partial charge in [0.05, 0.1) is 36.7 Å². The molecule has 2 fully saturated rings. The Morgan fingerprint density at radius 1 is 1.35 bits per heavy atom. The molecule has 1 spiro atoms. The molecule has 2 bridgehead atoms. The Bertz CT molecular complexity index is 1110. The number of esters is 1. The van der Waals surface area contributed by atoms with Crippen LogP contribution in [0, 0.1) is 18.8 Å². The summed E-state index contributed by atoms with van der Waals surface area (Å²) in [6.07, 6.45) is 3.22. The lowest BCUT2D eigenvalue weighted by molar-refractivity contribution is -0.128. The van der Waals surface area contributed by atoms with Gasteiger partial charge in [-0.2, -0.15) is 0 Å². The van der Waals surface area contributed by atoms with Gasteiger partial charge < -0.3 is 19.3 Å². The number of aryl methyl sites for hydroxylation is 1. The largest absolute Gasteiger partial charge is 0.462 e. The molecule has 1 aromatic carbocycles. The zero-order chi connectivity index (χ0) is 21.8. The van der Waals surface area contributed by atoms with Crippen molar-refractivity contribution < 1.29 is 28.4 Å². The average Bonchev–Trinajstić information content (AvgIpc) is 3.49. The molecule has 0 unspecified atom stereocenters. The van der Waals surface area contributed by atoms with Crippen molar-refractivity contribution in [3.8, 4) is 0 Å². The Hall–Kier alpha value is -3.46. The minimum absolute atomic E-state index is 0.222. The first-order chi connectivity index (χ1) is 14.9. The van der Waals surface area contributed by atoms with Crippen LogP contribution in [0.25, 0.3) is 0 Å². The number of anilines is 2. The highest BCUT2D eigenvalue weighted by Gasteiger charge is 2.67. The van der Waals surface area contributed by atoms with Gasteiger partial charge in [0.25, 0.3) is 0 Å². The van der Waals surface area contributed by atoms with Crippen LogP contribution in [-0.2, 0) is 19.1 Å². The number of rotatable bonds is 5. The number of hydrogen-bond donors (Lipinski definition) is 1. The van der Waals surface area contributed by atoms with E-state index in [1.165, 1.54) is 4.90 Å². The molecule has 5 rings (SSSR count).